The van der Waals surface area contributed by atoms with Gasteiger partial charge in [-0.25, -0.2) is 4.98 Å². The van der Waals surface area contributed by atoms with Crippen molar-refractivity contribution in [2.24, 2.45) is 0 Å². The maximum absolute atomic E-state index is 5.02. The first-order valence-corrected chi connectivity index (χ1v) is 16.7. The van der Waals surface area contributed by atoms with Gasteiger partial charge in [-0.3, -0.25) is 0 Å². The van der Waals surface area contributed by atoms with E-state index in [1.165, 1.54) is 46.8 Å². The van der Waals surface area contributed by atoms with Gasteiger partial charge < -0.3 is 4.90 Å². The number of thiazole rings is 1. The Balaban J connectivity index is 1.22. The predicted molar refractivity (Wildman–Crippen MR) is 196 cm³/mol. The fourth-order valence-electron chi connectivity index (χ4n) is 6.30. The molecule has 0 aliphatic rings. The normalized spacial score (nSPS) is 11.6. The summed E-state index contributed by atoms with van der Waals surface area (Å²) >= 11 is 3.65. The van der Waals surface area contributed by atoms with Crippen molar-refractivity contribution in [3.63, 3.8) is 0 Å². The summed E-state index contributed by atoms with van der Waals surface area (Å²) in [7, 11) is 0. The maximum Gasteiger partial charge on any atom is 0.124 e. The first-order valence-electron chi connectivity index (χ1n) is 15.0. The quantitative estimate of drug-likeness (QED) is 0.193. The van der Waals surface area contributed by atoms with Crippen molar-refractivity contribution in [1.29, 1.82) is 0 Å². The zero-order valence-electron chi connectivity index (χ0n) is 24.2. The van der Waals surface area contributed by atoms with Crippen LogP contribution in [0.2, 0.25) is 0 Å². The molecule has 45 heavy (non-hydrogen) atoms. The highest BCUT2D eigenvalue weighted by Crippen LogP contribution is 2.45. The van der Waals surface area contributed by atoms with Crippen LogP contribution in [0.4, 0.5) is 17.1 Å². The smallest absolute Gasteiger partial charge is 0.124 e. The third-order valence-electron chi connectivity index (χ3n) is 8.46. The lowest BCUT2D eigenvalue weighted by atomic mass is 10.0. The van der Waals surface area contributed by atoms with Crippen LogP contribution in [0.1, 0.15) is 0 Å². The molecule has 9 aromatic rings. The minimum absolute atomic E-state index is 1.06. The van der Waals surface area contributed by atoms with E-state index in [0.717, 1.165) is 33.1 Å². The van der Waals surface area contributed by atoms with Gasteiger partial charge in [0.2, 0.25) is 0 Å². The molecule has 0 N–H and O–H groups in total. The summed E-state index contributed by atoms with van der Waals surface area (Å²) in [6.45, 7) is 0. The number of fused-ring (bicyclic) bond motifs is 6. The first-order chi connectivity index (χ1) is 22.3. The molecular weight excluding hydrogens is 585 g/mol. The average Bonchev–Trinajstić information content (AvgIpc) is 3.71. The van der Waals surface area contributed by atoms with E-state index in [1.54, 1.807) is 11.3 Å². The number of benzene rings is 7. The Morgan fingerprint density at radius 1 is 0.444 bits per heavy atom. The summed E-state index contributed by atoms with van der Waals surface area (Å²) in [4.78, 5) is 7.40. The highest BCUT2D eigenvalue weighted by Gasteiger charge is 2.18. The van der Waals surface area contributed by atoms with Gasteiger partial charge in [0.15, 0.2) is 0 Å². The number of nitrogens with zero attached hydrogens (tertiary/aromatic N) is 2. The van der Waals surface area contributed by atoms with E-state index < -0.39 is 0 Å². The molecule has 0 aliphatic heterocycles. The second-order valence-corrected chi connectivity index (χ2v) is 13.3. The van der Waals surface area contributed by atoms with Crippen molar-refractivity contribution < 1.29 is 0 Å². The van der Waals surface area contributed by atoms with Gasteiger partial charge in [0, 0.05) is 42.8 Å². The van der Waals surface area contributed by atoms with Crippen LogP contribution in [0.15, 0.2) is 158 Å². The van der Waals surface area contributed by atoms with E-state index in [9.17, 15) is 0 Å². The highest BCUT2D eigenvalue weighted by atomic mass is 32.1. The summed E-state index contributed by atoms with van der Waals surface area (Å²) in [5.74, 6) is 0. The van der Waals surface area contributed by atoms with Crippen molar-refractivity contribution in [3.05, 3.63) is 158 Å². The second kappa shape index (κ2) is 10.7. The van der Waals surface area contributed by atoms with Gasteiger partial charge in [0.1, 0.15) is 5.01 Å². The molecule has 0 aliphatic carbocycles. The first kappa shape index (κ1) is 26.1. The zero-order valence-corrected chi connectivity index (χ0v) is 25.9. The monoisotopic (exact) mass is 610 g/mol. The van der Waals surface area contributed by atoms with Gasteiger partial charge in [-0.1, -0.05) is 109 Å². The molecule has 0 spiro atoms. The van der Waals surface area contributed by atoms with Gasteiger partial charge in [0.25, 0.3) is 0 Å². The molecule has 2 nitrogen and oxygen atoms in total. The third kappa shape index (κ3) is 4.58. The van der Waals surface area contributed by atoms with Crippen molar-refractivity contribution in [2.45, 2.75) is 0 Å². The van der Waals surface area contributed by atoms with Crippen LogP contribution in [0.3, 0.4) is 0 Å². The standard InChI is InChI=1S/C41H26N2S2/c1-3-10-27(11-4-1)31-16-9-17-32(24-31)43(33-19-18-28-12-7-8-15-30(28)25-33)34-20-21-35-38(26-34)44-37-23-22-36-40(39(35)37)45-41(42-36)29-13-5-2-6-14-29/h1-26H. The summed E-state index contributed by atoms with van der Waals surface area (Å²) < 4.78 is 3.82. The third-order valence-corrected chi connectivity index (χ3v) is 10.7. The van der Waals surface area contributed by atoms with Gasteiger partial charge in [-0.05, 0) is 70.4 Å². The van der Waals surface area contributed by atoms with Crippen LogP contribution in [0.25, 0.3) is 62.9 Å². The average molecular weight is 611 g/mol. The SMILES string of the molecule is c1ccc(-c2cccc(N(c3ccc4ccccc4c3)c3ccc4c(c3)sc3ccc5nc(-c6ccccc6)sc5c34)c2)cc1. The lowest BCUT2D eigenvalue weighted by Crippen LogP contribution is -2.10. The fraction of sp³-hybridized carbons (Fsp3) is 0. The van der Waals surface area contributed by atoms with Crippen LogP contribution in [0.5, 0.6) is 0 Å². The number of hydrogen-bond acceptors (Lipinski definition) is 4. The summed E-state index contributed by atoms with van der Waals surface area (Å²) in [6.07, 6.45) is 0. The number of aromatic nitrogens is 1. The molecule has 2 heterocycles. The fourth-order valence-corrected chi connectivity index (χ4v) is 8.64. The minimum atomic E-state index is 1.06. The largest absolute Gasteiger partial charge is 0.310 e. The van der Waals surface area contributed by atoms with Crippen LogP contribution < -0.4 is 4.90 Å². The lowest BCUT2D eigenvalue weighted by molar-refractivity contribution is 1.30. The molecule has 0 saturated heterocycles. The Morgan fingerprint density at radius 2 is 1.13 bits per heavy atom. The van der Waals surface area contributed by atoms with Crippen molar-refractivity contribution >= 4 is 80.9 Å². The molecule has 4 heteroatoms. The van der Waals surface area contributed by atoms with Crippen molar-refractivity contribution in [3.8, 4) is 21.7 Å². The van der Waals surface area contributed by atoms with E-state index >= 15 is 0 Å². The van der Waals surface area contributed by atoms with Gasteiger partial charge in [-0.15, -0.1) is 22.7 Å². The molecule has 0 unspecified atom stereocenters. The number of hydrogen-bond donors (Lipinski definition) is 0. The Bertz CT molecular complexity index is 2490. The summed E-state index contributed by atoms with van der Waals surface area (Å²) in [5.41, 5.74) is 8.04. The van der Waals surface area contributed by atoms with E-state index in [1.807, 2.05) is 11.3 Å². The molecule has 0 fully saturated rings. The molecule has 0 bridgehead atoms. The predicted octanol–water partition coefficient (Wildman–Crippen LogP) is 12.6. The maximum atomic E-state index is 5.02. The van der Waals surface area contributed by atoms with Crippen LogP contribution in [0, 0.1) is 0 Å². The van der Waals surface area contributed by atoms with Gasteiger partial charge in [-0.2, -0.15) is 0 Å². The number of thiophene rings is 1. The van der Waals surface area contributed by atoms with Crippen molar-refractivity contribution in [2.75, 3.05) is 4.90 Å². The Kier molecular flexibility index (Phi) is 6.22. The molecule has 2 aromatic heterocycles. The summed E-state index contributed by atoms with van der Waals surface area (Å²) in [6, 6.07) is 56.6. The van der Waals surface area contributed by atoms with E-state index in [-0.39, 0.29) is 0 Å². The molecule has 0 atom stereocenters. The van der Waals surface area contributed by atoms with Crippen LogP contribution in [-0.2, 0) is 0 Å². The Labute approximate surface area is 269 Å². The molecule has 0 saturated carbocycles. The van der Waals surface area contributed by atoms with E-state index in [0.29, 0.717) is 0 Å². The number of rotatable bonds is 5. The molecule has 9 rings (SSSR count). The lowest BCUT2D eigenvalue weighted by Gasteiger charge is -2.26. The van der Waals surface area contributed by atoms with E-state index in [4.69, 9.17) is 4.98 Å². The Morgan fingerprint density at radius 3 is 1.98 bits per heavy atom. The van der Waals surface area contributed by atoms with Crippen LogP contribution in [-0.4, -0.2) is 4.98 Å². The number of anilines is 3. The highest BCUT2D eigenvalue weighted by molar-refractivity contribution is 7.28. The molecular formula is C41H26N2S2. The van der Waals surface area contributed by atoms with Crippen molar-refractivity contribution in [1.82, 2.24) is 4.98 Å². The summed E-state index contributed by atoms with van der Waals surface area (Å²) in [5, 5.41) is 6.12. The minimum Gasteiger partial charge on any atom is -0.310 e. The molecule has 0 radical (unpaired) electrons. The Hall–Kier alpha value is -5.29. The van der Waals surface area contributed by atoms with Crippen LogP contribution >= 0.6 is 22.7 Å². The van der Waals surface area contributed by atoms with Gasteiger partial charge in [0.05, 0.1) is 10.2 Å². The van der Waals surface area contributed by atoms with Gasteiger partial charge >= 0.3 is 0 Å². The van der Waals surface area contributed by atoms with E-state index in [2.05, 4.69) is 163 Å². The topological polar surface area (TPSA) is 16.1 Å². The molecule has 0 amide bonds. The molecule has 7 aromatic carbocycles. The zero-order chi connectivity index (χ0) is 29.7. The molecule has 212 valence electrons. The second-order valence-electron chi connectivity index (χ2n) is 11.2.